The zero-order valence-electron chi connectivity index (χ0n) is 18.5. The summed E-state index contributed by atoms with van der Waals surface area (Å²) in [6.45, 7) is 7.92. The molecule has 0 bridgehead atoms. The summed E-state index contributed by atoms with van der Waals surface area (Å²) in [5, 5.41) is 3.84. The molecule has 0 saturated carbocycles. The number of pyridine rings is 1. The van der Waals surface area contributed by atoms with Gasteiger partial charge in [0.05, 0.1) is 30.9 Å². The number of methoxy groups -OCH3 is 1. The number of anilines is 1. The molecule has 2 aromatic heterocycles. The number of benzene rings is 1. The molecule has 2 heterocycles. The third-order valence-corrected chi connectivity index (χ3v) is 5.90. The second-order valence-corrected chi connectivity index (χ2v) is 8.13. The van der Waals surface area contributed by atoms with E-state index in [4.69, 9.17) is 19.9 Å². The Bertz CT molecular complexity index is 1060. The Morgan fingerprint density at radius 2 is 1.90 bits per heavy atom. The highest BCUT2D eigenvalue weighted by molar-refractivity contribution is 7.20. The van der Waals surface area contributed by atoms with Gasteiger partial charge in [-0.05, 0) is 38.0 Å². The van der Waals surface area contributed by atoms with Crippen LogP contribution in [0.2, 0.25) is 0 Å². The minimum absolute atomic E-state index is 0.177. The normalized spacial score (nSPS) is 11.0. The number of nitrogen functional groups attached to an aromatic ring is 1. The van der Waals surface area contributed by atoms with Crippen LogP contribution in [0.1, 0.15) is 40.3 Å². The first kappa shape index (κ1) is 22.8. The van der Waals surface area contributed by atoms with Crippen molar-refractivity contribution in [3.8, 4) is 11.5 Å². The quantitative estimate of drug-likeness (QED) is 0.499. The van der Waals surface area contributed by atoms with Gasteiger partial charge in [-0.2, -0.15) is 4.98 Å². The highest BCUT2D eigenvalue weighted by atomic mass is 32.1. The largest absolute Gasteiger partial charge is 0.490 e. The number of amides is 1. The van der Waals surface area contributed by atoms with Crippen LogP contribution in [0.15, 0.2) is 24.3 Å². The molecule has 0 radical (unpaired) electrons. The lowest BCUT2D eigenvalue weighted by atomic mass is 10.1. The average molecular weight is 445 g/mol. The number of aryl methyl sites for hydroxylation is 1. The van der Waals surface area contributed by atoms with Crippen molar-refractivity contribution in [2.75, 3.05) is 32.6 Å². The van der Waals surface area contributed by atoms with Gasteiger partial charge in [-0.25, -0.2) is 0 Å². The highest BCUT2D eigenvalue weighted by Crippen LogP contribution is 2.34. The van der Waals surface area contributed by atoms with Crippen molar-refractivity contribution < 1.29 is 24.0 Å². The van der Waals surface area contributed by atoms with Crippen LogP contribution in [0.25, 0.3) is 10.2 Å². The summed E-state index contributed by atoms with van der Waals surface area (Å²) in [6.07, 6.45) is 0.670. The predicted octanol–water partition coefficient (Wildman–Crippen LogP) is 3.52. The Labute approximate surface area is 186 Å². The predicted molar refractivity (Wildman–Crippen MR) is 123 cm³/mol. The fraction of sp³-hybridized carbons (Fsp3) is 0.391. The fourth-order valence-electron chi connectivity index (χ4n) is 3.49. The molecule has 7 nitrogen and oxygen atoms in total. The molecule has 0 aliphatic heterocycles. The Morgan fingerprint density at radius 3 is 2.61 bits per heavy atom. The minimum atomic E-state index is -0.177. The van der Waals surface area contributed by atoms with Gasteiger partial charge in [0.15, 0.2) is 17.2 Å². The molecular weight excluding hydrogens is 414 g/mol. The van der Waals surface area contributed by atoms with E-state index in [0.717, 1.165) is 38.5 Å². The number of aromatic amines is 1. The SMILES string of the molecule is CCOc1ccc(CCNC(=O)c2sc3[nH+]c(C)cc(COC)c3c2N)cc1OCC. The van der Waals surface area contributed by atoms with Gasteiger partial charge in [-0.15, -0.1) is 0 Å². The lowest BCUT2D eigenvalue weighted by Gasteiger charge is -2.12. The number of fused-ring (bicyclic) bond motifs is 1. The van der Waals surface area contributed by atoms with E-state index in [-0.39, 0.29) is 5.91 Å². The van der Waals surface area contributed by atoms with Gasteiger partial charge in [-0.1, -0.05) is 17.4 Å². The van der Waals surface area contributed by atoms with Crippen LogP contribution in [0.5, 0.6) is 11.5 Å². The molecule has 3 aromatic rings. The van der Waals surface area contributed by atoms with Crippen LogP contribution >= 0.6 is 11.3 Å². The first-order valence-electron chi connectivity index (χ1n) is 10.4. The van der Waals surface area contributed by atoms with Crippen molar-refractivity contribution in [1.82, 2.24) is 5.32 Å². The van der Waals surface area contributed by atoms with Gasteiger partial charge in [0.1, 0.15) is 4.88 Å². The van der Waals surface area contributed by atoms with E-state index in [1.165, 1.54) is 11.3 Å². The molecular formula is C23H30N3O4S+. The van der Waals surface area contributed by atoms with Crippen LogP contribution in [-0.2, 0) is 17.8 Å². The first-order valence-corrected chi connectivity index (χ1v) is 11.2. The third kappa shape index (κ3) is 5.26. The number of nitrogens with two attached hydrogens (primary N) is 1. The van der Waals surface area contributed by atoms with Crippen molar-refractivity contribution in [2.24, 2.45) is 0 Å². The van der Waals surface area contributed by atoms with Crippen molar-refractivity contribution in [3.05, 3.63) is 46.0 Å². The topological polar surface area (TPSA) is 97.0 Å². The van der Waals surface area contributed by atoms with Gasteiger partial charge in [0.25, 0.3) is 10.7 Å². The Kier molecular flexibility index (Phi) is 7.70. The van der Waals surface area contributed by atoms with Gasteiger partial charge < -0.3 is 25.3 Å². The second kappa shape index (κ2) is 10.5. The summed E-state index contributed by atoms with van der Waals surface area (Å²) in [7, 11) is 1.64. The summed E-state index contributed by atoms with van der Waals surface area (Å²) in [6, 6.07) is 7.86. The van der Waals surface area contributed by atoms with Crippen molar-refractivity contribution >= 4 is 33.1 Å². The lowest BCUT2D eigenvalue weighted by Crippen LogP contribution is -2.25. The molecule has 0 aliphatic rings. The van der Waals surface area contributed by atoms with Crippen molar-refractivity contribution in [2.45, 2.75) is 33.8 Å². The van der Waals surface area contributed by atoms with Crippen LogP contribution in [0.4, 0.5) is 5.69 Å². The molecule has 31 heavy (non-hydrogen) atoms. The number of hydrogen-bond acceptors (Lipinski definition) is 6. The lowest BCUT2D eigenvalue weighted by molar-refractivity contribution is -0.351. The number of thiophene rings is 1. The van der Waals surface area contributed by atoms with Crippen LogP contribution in [-0.4, -0.2) is 32.8 Å². The number of carbonyl (C=O) groups excluding carboxylic acids is 1. The van der Waals surface area contributed by atoms with E-state index in [9.17, 15) is 4.79 Å². The second-order valence-electron chi connectivity index (χ2n) is 7.11. The highest BCUT2D eigenvalue weighted by Gasteiger charge is 2.23. The maximum absolute atomic E-state index is 12.8. The van der Waals surface area contributed by atoms with E-state index in [2.05, 4.69) is 10.3 Å². The average Bonchev–Trinajstić information content (AvgIpc) is 3.06. The van der Waals surface area contributed by atoms with Gasteiger partial charge in [0, 0.05) is 32.2 Å². The molecule has 8 heteroatoms. The van der Waals surface area contributed by atoms with Crippen LogP contribution in [0.3, 0.4) is 0 Å². The van der Waals surface area contributed by atoms with Crippen LogP contribution in [0, 0.1) is 6.92 Å². The number of nitrogens with one attached hydrogen (secondary N) is 2. The van der Waals surface area contributed by atoms with Gasteiger partial charge >= 0.3 is 0 Å². The monoisotopic (exact) mass is 444 g/mol. The number of ether oxygens (including phenoxy) is 3. The molecule has 0 unspecified atom stereocenters. The molecule has 3 rings (SSSR count). The number of hydrogen-bond donors (Lipinski definition) is 2. The molecule has 0 spiro atoms. The molecule has 0 saturated heterocycles. The molecule has 0 fully saturated rings. The molecule has 1 amide bonds. The minimum Gasteiger partial charge on any atom is -0.490 e. The molecule has 1 aromatic carbocycles. The number of H-pyrrole nitrogens is 1. The Hall–Kier alpha value is -2.84. The van der Waals surface area contributed by atoms with E-state index < -0.39 is 0 Å². The van der Waals surface area contributed by atoms with Gasteiger partial charge in [-0.3, -0.25) is 4.79 Å². The summed E-state index contributed by atoms with van der Waals surface area (Å²) < 4.78 is 16.6. The summed E-state index contributed by atoms with van der Waals surface area (Å²) >= 11 is 1.36. The first-order chi connectivity index (χ1) is 15.0. The number of carbonyl (C=O) groups is 1. The van der Waals surface area contributed by atoms with E-state index in [1.54, 1.807) is 7.11 Å². The molecule has 0 aliphatic carbocycles. The van der Waals surface area contributed by atoms with Crippen molar-refractivity contribution in [3.63, 3.8) is 0 Å². The summed E-state index contributed by atoms with van der Waals surface area (Å²) in [4.78, 5) is 17.5. The zero-order chi connectivity index (χ0) is 22.4. The Balaban J connectivity index is 1.71. The van der Waals surface area contributed by atoms with E-state index in [0.29, 0.717) is 43.4 Å². The molecule has 0 atom stereocenters. The summed E-state index contributed by atoms with van der Waals surface area (Å²) in [5.41, 5.74) is 9.86. The third-order valence-electron chi connectivity index (χ3n) is 4.78. The summed E-state index contributed by atoms with van der Waals surface area (Å²) in [5.74, 6) is 1.27. The van der Waals surface area contributed by atoms with E-state index >= 15 is 0 Å². The molecule has 166 valence electrons. The number of rotatable bonds is 10. The van der Waals surface area contributed by atoms with E-state index in [1.807, 2.05) is 45.0 Å². The molecule has 4 N–H and O–H groups in total. The maximum atomic E-state index is 12.8. The standard InChI is InChI=1S/C23H29N3O4S/c1-5-29-17-8-7-15(12-18(17)30-6-2)9-10-25-22(27)21-20(24)19-16(13-28-4)11-14(3)26-23(19)31-21/h7-8,11-12H,5-6,9-10,13,24H2,1-4H3,(H,25,27)/p+1. The van der Waals surface area contributed by atoms with Crippen LogP contribution < -0.4 is 25.5 Å². The van der Waals surface area contributed by atoms with Crippen molar-refractivity contribution in [1.29, 1.82) is 0 Å². The zero-order valence-corrected chi connectivity index (χ0v) is 19.3. The number of aromatic nitrogens is 1. The maximum Gasteiger partial charge on any atom is 0.270 e. The fourth-order valence-corrected chi connectivity index (χ4v) is 4.63. The van der Waals surface area contributed by atoms with Gasteiger partial charge in [0.2, 0.25) is 0 Å². The Morgan fingerprint density at radius 1 is 1.16 bits per heavy atom. The smallest absolute Gasteiger partial charge is 0.270 e.